The van der Waals surface area contributed by atoms with Crippen molar-refractivity contribution in [2.24, 2.45) is 0 Å². The summed E-state index contributed by atoms with van der Waals surface area (Å²) < 4.78 is 0. The van der Waals surface area contributed by atoms with Crippen molar-refractivity contribution in [2.45, 2.75) is 59.3 Å². The van der Waals surface area contributed by atoms with Crippen LogP contribution in [0.3, 0.4) is 0 Å². The van der Waals surface area contributed by atoms with Crippen LogP contribution in [0.4, 0.5) is 0 Å². The van der Waals surface area contributed by atoms with Gasteiger partial charge in [0, 0.05) is 13.1 Å². The van der Waals surface area contributed by atoms with Crippen LogP contribution in [0.15, 0.2) is 12.3 Å². The van der Waals surface area contributed by atoms with E-state index in [9.17, 15) is 0 Å². The fraction of sp³-hybridized carbons (Fsp3) is 0.846. The van der Waals surface area contributed by atoms with Crippen molar-refractivity contribution in [3.8, 4) is 0 Å². The lowest BCUT2D eigenvalue weighted by Gasteiger charge is -2.19. The molecule has 0 aliphatic rings. The Kier molecular flexibility index (Phi) is 15.9. The summed E-state index contributed by atoms with van der Waals surface area (Å²) in [5.74, 6) is 0. The Bertz CT molecular complexity index is 124. The Morgan fingerprint density at radius 3 is 1.67 bits per heavy atom. The number of nitrogens with zero attached hydrogens (tertiary/aromatic N) is 1. The zero-order chi connectivity index (χ0) is 10.6. The summed E-state index contributed by atoms with van der Waals surface area (Å²) >= 11 is 0. The molecule has 0 amide bonds. The molecule has 2 heteroatoms. The van der Waals surface area contributed by atoms with Crippen molar-refractivity contribution >= 4 is 12.4 Å². The second-order valence-electron chi connectivity index (χ2n) is 3.93. The molecule has 0 unspecified atom stereocenters. The van der Waals surface area contributed by atoms with Gasteiger partial charge in [-0.3, -0.25) is 0 Å². The van der Waals surface area contributed by atoms with Crippen LogP contribution in [-0.2, 0) is 0 Å². The normalized spacial score (nSPS) is 10.3. The lowest BCUT2D eigenvalue weighted by Crippen LogP contribution is -2.19. The van der Waals surface area contributed by atoms with Gasteiger partial charge in [-0.1, -0.05) is 45.6 Å². The molecule has 15 heavy (non-hydrogen) atoms. The summed E-state index contributed by atoms with van der Waals surface area (Å²) in [5.41, 5.74) is 0. The van der Waals surface area contributed by atoms with E-state index in [1.54, 1.807) is 0 Å². The van der Waals surface area contributed by atoms with E-state index in [1.807, 2.05) is 0 Å². The average molecular weight is 234 g/mol. The van der Waals surface area contributed by atoms with Gasteiger partial charge in [0.1, 0.15) is 0 Å². The van der Waals surface area contributed by atoms with Gasteiger partial charge in [0.15, 0.2) is 0 Å². The second kappa shape index (κ2) is 13.8. The molecular weight excluding hydrogens is 206 g/mol. The molecule has 0 spiro atoms. The third-order valence-corrected chi connectivity index (χ3v) is 2.46. The van der Waals surface area contributed by atoms with Gasteiger partial charge in [0.25, 0.3) is 0 Å². The molecule has 0 aliphatic carbocycles. The minimum Gasteiger partial charge on any atom is -0.378 e. The molecule has 0 saturated carbocycles. The Hall–Kier alpha value is -0.170. The first kappa shape index (κ1) is 17.2. The molecule has 92 valence electrons. The molecule has 0 rings (SSSR count). The van der Waals surface area contributed by atoms with Crippen molar-refractivity contribution in [3.05, 3.63) is 12.3 Å². The number of hydrogen-bond acceptors (Lipinski definition) is 1. The quantitative estimate of drug-likeness (QED) is 0.525. The highest BCUT2D eigenvalue weighted by molar-refractivity contribution is 5.85. The summed E-state index contributed by atoms with van der Waals surface area (Å²) in [5, 5.41) is 0. The third kappa shape index (κ3) is 11.8. The highest BCUT2D eigenvalue weighted by atomic mass is 35.5. The summed E-state index contributed by atoms with van der Waals surface area (Å²) in [6, 6.07) is 0. The first-order valence-electron chi connectivity index (χ1n) is 6.22. The van der Waals surface area contributed by atoms with E-state index in [0.717, 1.165) is 0 Å². The van der Waals surface area contributed by atoms with Gasteiger partial charge in [0.05, 0.1) is 0 Å². The van der Waals surface area contributed by atoms with Gasteiger partial charge in [0.2, 0.25) is 0 Å². The van der Waals surface area contributed by atoms with Crippen LogP contribution >= 0.6 is 12.4 Å². The van der Waals surface area contributed by atoms with Crippen molar-refractivity contribution in [1.82, 2.24) is 4.90 Å². The lowest BCUT2D eigenvalue weighted by molar-refractivity contribution is 0.353. The fourth-order valence-electron chi connectivity index (χ4n) is 1.60. The molecular formula is C13H28ClN. The molecule has 0 atom stereocenters. The summed E-state index contributed by atoms with van der Waals surface area (Å²) in [6.07, 6.45) is 12.4. The predicted octanol–water partition coefficient (Wildman–Crippen LogP) is 4.62. The minimum absolute atomic E-state index is 0. The van der Waals surface area contributed by atoms with Crippen molar-refractivity contribution in [2.75, 3.05) is 13.1 Å². The molecule has 0 N–H and O–H groups in total. The van der Waals surface area contributed by atoms with E-state index in [1.165, 1.54) is 51.6 Å². The Morgan fingerprint density at radius 2 is 1.33 bits per heavy atom. The van der Waals surface area contributed by atoms with Crippen LogP contribution in [0.25, 0.3) is 0 Å². The van der Waals surface area contributed by atoms with E-state index >= 15 is 0 Å². The maximum Gasteiger partial charge on any atom is 0.0172 e. The number of hydrogen-bond donors (Lipinski definition) is 0. The Labute approximate surface area is 102 Å². The van der Waals surface area contributed by atoms with Gasteiger partial charge in [-0.15, -0.1) is 12.4 Å². The molecule has 0 aromatic carbocycles. The zero-order valence-corrected chi connectivity index (χ0v) is 11.5. The van der Waals surface area contributed by atoms with Crippen LogP contribution in [0.2, 0.25) is 0 Å². The van der Waals surface area contributed by atoms with E-state index in [2.05, 4.69) is 37.9 Å². The Morgan fingerprint density at radius 1 is 0.867 bits per heavy atom. The molecule has 1 nitrogen and oxygen atoms in total. The topological polar surface area (TPSA) is 3.24 Å². The van der Waals surface area contributed by atoms with Crippen LogP contribution in [0.1, 0.15) is 59.3 Å². The smallest absolute Gasteiger partial charge is 0.0172 e. The minimum atomic E-state index is 0. The van der Waals surface area contributed by atoms with Gasteiger partial charge in [-0.25, -0.2) is 0 Å². The zero-order valence-electron chi connectivity index (χ0n) is 10.7. The SMILES string of the molecule is C/C=C\N(CCCCC)CCCCC.Cl. The molecule has 0 fully saturated rings. The van der Waals surface area contributed by atoms with E-state index in [-0.39, 0.29) is 12.4 Å². The van der Waals surface area contributed by atoms with E-state index < -0.39 is 0 Å². The molecule has 0 aromatic heterocycles. The highest BCUT2D eigenvalue weighted by Crippen LogP contribution is 2.03. The molecule has 0 radical (unpaired) electrons. The summed E-state index contributed by atoms with van der Waals surface area (Å²) in [6.45, 7) is 9.10. The van der Waals surface area contributed by atoms with Gasteiger partial charge >= 0.3 is 0 Å². The van der Waals surface area contributed by atoms with Crippen molar-refractivity contribution in [3.63, 3.8) is 0 Å². The van der Waals surface area contributed by atoms with Gasteiger partial charge in [-0.2, -0.15) is 0 Å². The number of rotatable bonds is 9. The van der Waals surface area contributed by atoms with E-state index in [0.29, 0.717) is 0 Å². The highest BCUT2D eigenvalue weighted by Gasteiger charge is 1.97. The standard InChI is InChI=1S/C13H27N.ClH/c1-4-7-9-12-14(11-6-3)13-10-8-5-2;/h6,11H,4-5,7-10,12-13H2,1-3H3;1H/b11-6-;. The summed E-state index contributed by atoms with van der Waals surface area (Å²) in [7, 11) is 0. The van der Waals surface area contributed by atoms with Crippen LogP contribution in [-0.4, -0.2) is 18.0 Å². The number of unbranched alkanes of at least 4 members (excludes halogenated alkanes) is 4. The molecule has 0 aliphatic heterocycles. The van der Waals surface area contributed by atoms with E-state index in [4.69, 9.17) is 0 Å². The first-order chi connectivity index (χ1) is 6.85. The maximum atomic E-state index is 2.46. The maximum absolute atomic E-state index is 2.46. The average Bonchev–Trinajstić information content (AvgIpc) is 2.18. The van der Waals surface area contributed by atoms with Gasteiger partial charge < -0.3 is 4.90 Å². The predicted molar refractivity (Wildman–Crippen MR) is 72.7 cm³/mol. The summed E-state index contributed by atoms with van der Waals surface area (Å²) in [4.78, 5) is 2.46. The number of halogens is 1. The Balaban J connectivity index is 0. The van der Waals surface area contributed by atoms with Crippen molar-refractivity contribution < 1.29 is 0 Å². The molecule has 0 bridgehead atoms. The second-order valence-corrected chi connectivity index (χ2v) is 3.93. The lowest BCUT2D eigenvalue weighted by atomic mass is 10.2. The molecule has 0 heterocycles. The van der Waals surface area contributed by atoms with Gasteiger partial charge in [-0.05, 0) is 26.0 Å². The number of allylic oxidation sites excluding steroid dienone is 1. The van der Waals surface area contributed by atoms with Crippen LogP contribution < -0.4 is 0 Å². The van der Waals surface area contributed by atoms with Crippen LogP contribution in [0, 0.1) is 0 Å². The third-order valence-electron chi connectivity index (χ3n) is 2.46. The monoisotopic (exact) mass is 233 g/mol. The largest absolute Gasteiger partial charge is 0.378 e. The molecule has 0 aromatic rings. The molecule has 0 saturated heterocycles. The fourth-order valence-corrected chi connectivity index (χ4v) is 1.60. The van der Waals surface area contributed by atoms with Crippen LogP contribution in [0.5, 0.6) is 0 Å². The first-order valence-corrected chi connectivity index (χ1v) is 6.22. The van der Waals surface area contributed by atoms with Crippen molar-refractivity contribution in [1.29, 1.82) is 0 Å².